The Labute approximate surface area is 120 Å². The van der Waals surface area contributed by atoms with Gasteiger partial charge >= 0.3 is 0 Å². The Morgan fingerprint density at radius 3 is 2.41 bits per heavy atom. The van der Waals surface area contributed by atoms with Gasteiger partial charge in [0.05, 0.1) is 11.6 Å². The number of rotatable bonds is 4. The van der Waals surface area contributed by atoms with Crippen molar-refractivity contribution < 1.29 is 4.74 Å². The number of methoxy groups -OCH3 is 1. The fourth-order valence-corrected chi connectivity index (χ4v) is 3.02. The lowest BCUT2D eigenvalue weighted by Gasteiger charge is -2.19. The van der Waals surface area contributed by atoms with Crippen LogP contribution in [0, 0.1) is 5.41 Å². The minimum Gasteiger partial charge on any atom is -0.495 e. The molecule has 0 saturated carbocycles. The van der Waals surface area contributed by atoms with Gasteiger partial charge in [-0.15, -0.1) is 0 Å². The molecule has 2 nitrogen and oxygen atoms in total. The average Bonchev–Trinajstić information content (AvgIpc) is 2.14. The summed E-state index contributed by atoms with van der Waals surface area (Å²) in [4.78, 5) is 0. The molecule has 0 radical (unpaired) electrons. The van der Waals surface area contributed by atoms with Crippen molar-refractivity contribution in [2.24, 2.45) is 5.41 Å². The first-order valence-corrected chi connectivity index (χ1v) is 7.15. The standard InChI is InChI=1S/C13H19Br2NO/c1-13(2,3)8-16-7-9-5-10(14)6-11(15)12(9)17-4/h5-6,16H,7-8H2,1-4H3. The zero-order valence-electron chi connectivity index (χ0n) is 10.7. The van der Waals surface area contributed by atoms with E-state index >= 15 is 0 Å². The zero-order valence-corrected chi connectivity index (χ0v) is 13.9. The topological polar surface area (TPSA) is 21.3 Å². The number of benzene rings is 1. The van der Waals surface area contributed by atoms with Crippen molar-refractivity contribution in [2.45, 2.75) is 27.3 Å². The van der Waals surface area contributed by atoms with Crippen molar-refractivity contribution in [3.63, 3.8) is 0 Å². The molecule has 0 aliphatic carbocycles. The maximum Gasteiger partial charge on any atom is 0.137 e. The van der Waals surface area contributed by atoms with Crippen LogP contribution in [0.4, 0.5) is 0 Å². The van der Waals surface area contributed by atoms with Crippen molar-refractivity contribution in [1.29, 1.82) is 0 Å². The van der Waals surface area contributed by atoms with Crippen LogP contribution in [0.1, 0.15) is 26.3 Å². The van der Waals surface area contributed by atoms with Gasteiger partial charge < -0.3 is 10.1 Å². The van der Waals surface area contributed by atoms with E-state index in [1.54, 1.807) is 7.11 Å². The lowest BCUT2D eigenvalue weighted by molar-refractivity contribution is 0.372. The van der Waals surface area contributed by atoms with Crippen LogP contribution in [0.3, 0.4) is 0 Å². The Morgan fingerprint density at radius 2 is 1.88 bits per heavy atom. The Kier molecular flexibility index (Phi) is 5.48. The molecule has 0 aliphatic rings. The highest BCUT2D eigenvalue weighted by Gasteiger charge is 2.12. The molecule has 0 aliphatic heterocycles. The summed E-state index contributed by atoms with van der Waals surface area (Å²) in [7, 11) is 1.70. The van der Waals surface area contributed by atoms with Crippen molar-refractivity contribution in [2.75, 3.05) is 13.7 Å². The third-order valence-electron chi connectivity index (χ3n) is 2.26. The molecule has 0 aromatic heterocycles. The SMILES string of the molecule is COc1c(Br)cc(Br)cc1CNCC(C)(C)C. The van der Waals surface area contributed by atoms with Crippen LogP contribution >= 0.6 is 31.9 Å². The summed E-state index contributed by atoms with van der Waals surface area (Å²) in [5.74, 6) is 0.898. The van der Waals surface area contributed by atoms with Gasteiger partial charge in [0.15, 0.2) is 0 Å². The Morgan fingerprint density at radius 1 is 1.24 bits per heavy atom. The van der Waals surface area contributed by atoms with Crippen molar-refractivity contribution in [3.8, 4) is 5.75 Å². The van der Waals surface area contributed by atoms with Gasteiger partial charge in [-0.3, -0.25) is 0 Å². The molecule has 0 heterocycles. The van der Waals surface area contributed by atoms with Gasteiger partial charge in [0, 0.05) is 23.1 Å². The first kappa shape index (κ1) is 15.0. The van der Waals surface area contributed by atoms with Crippen molar-refractivity contribution in [1.82, 2.24) is 5.32 Å². The first-order valence-electron chi connectivity index (χ1n) is 5.56. The minimum atomic E-state index is 0.288. The smallest absolute Gasteiger partial charge is 0.137 e. The lowest BCUT2D eigenvalue weighted by atomic mass is 9.97. The maximum atomic E-state index is 5.41. The molecule has 96 valence electrons. The molecule has 0 saturated heterocycles. The summed E-state index contributed by atoms with van der Waals surface area (Å²) in [6.45, 7) is 8.43. The van der Waals surface area contributed by atoms with E-state index in [-0.39, 0.29) is 5.41 Å². The molecule has 0 atom stereocenters. The highest BCUT2D eigenvalue weighted by atomic mass is 79.9. The molecule has 1 aromatic rings. The van der Waals surface area contributed by atoms with Gasteiger partial charge in [-0.1, -0.05) is 36.7 Å². The van der Waals surface area contributed by atoms with Crippen LogP contribution in [0.5, 0.6) is 5.75 Å². The van der Waals surface area contributed by atoms with Crippen LogP contribution in [0.25, 0.3) is 0 Å². The van der Waals surface area contributed by atoms with Gasteiger partial charge in [0.1, 0.15) is 5.75 Å². The van der Waals surface area contributed by atoms with Crippen LogP contribution in [-0.2, 0) is 6.54 Å². The van der Waals surface area contributed by atoms with E-state index in [4.69, 9.17) is 4.74 Å². The highest BCUT2D eigenvalue weighted by Crippen LogP contribution is 2.32. The lowest BCUT2D eigenvalue weighted by Crippen LogP contribution is -2.26. The van der Waals surface area contributed by atoms with E-state index in [2.05, 4.69) is 64.0 Å². The quantitative estimate of drug-likeness (QED) is 0.857. The molecule has 0 unspecified atom stereocenters. The van der Waals surface area contributed by atoms with Gasteiger partial charge in [-0.25, -0.2) is 0 Å². The van der Waals surface area contributed by atoms with E-state index < -0.39 is 0 Å². The predicted octanol–water partition coefficient (Wildman–Crippen LogP) is 4.36. The second-order valence-electron chi connectivity index (χ2n) is 5.24. The van der Waals surface area contributed by atoms with Crippen LogP contribution in [0.2, 0.25) is 0 Å². The molecule has 1 aromatic carbocycles. The summed E-state index contributed by atoms with van der Waals surface area (Å²) < 4.78 is 7.43. The number of hydrogen-bond donors (Lipinski definition) is 1. The Hall–Kier alpha value is -0.0600. The molecule has 4 heteroatoms. The van der Waals surface area contributed by atoms with E-state index in [1.165, 1.54) is 0 Å². The molecule has 0 bridgehead atoms. The maximum absolute atomic E-state index is 5.41. The molecule has 0 spiro atoms. The molecular formula is C13H19Br2NO. The molecule has 1 N–H and O–H groups in total. The average molecular weight is 365 g/mol. The second-order valence-corrected chi connectivity index (χ2v) is 7.01. The van der Waals surface area contributed by atoms with E-state index in [1.807, 2.05) is 6.07 Å². The highest BCUT2D eigenvalue weighted by molar-refractivity contribution is 9.11. The molecule has 1 rings (SSSR count). The Balaban J connectivity index is 2.76. The number of hydrogen-bond acceptors (Lipinski definition) is 2. The van der Waals surface area contributed by atoms with Gasteiger partial charge in [0.2, 0.25) is 0 Å². The van der Waals surface area contributed by atoms with Gasteiger partial charge in [-0.2, -0.15) is 0 Å². The summed E-state index contributed by atoms with van der Waals surface area (Å²) >= 11 is 7.00. The van der Waals surface area contributed by atoms with Crippen molar-refractivity contribution in [3.05, 3.63) is 26.6 Å². The van der Waals surface area contributed by atoms with Crippen LogP contribution in [-0.4, -0.2) is 13.7 Å². The fraction of sp³-hybridized carbons (Fsp3) is 0.538. The van der Waals surface area contributed by atoms with Gasteiger partial charge in [-0.05, 0) is 33.5 Å². The third-order valence-corrected chi connectivity index (χ3v) is 3.31. The Bertz CT molecular complexity index is 386. The monoisotopic (exact) mass is 363 g/mol. The number of halogens is 2. The first-order chi connectivity index (χ1) is 7.83. The minimum absolute atomic E-state index is 0.288. The van der Waals surface area contributed by atoms with E-state index in [0.717, 1.165) is 33.3 Å². The molecule has 17 heavy (non-hydrogen) atoms. The molecule has 0 amide bonds. The van der Waals surface area contributed by atoms with E-state index in [9.17, 15) is 0 Å². The predicted molar refractivity (Wildman–Crippen MR) is 79.6 cm³/mol. The molecular weight excluding hydrogens is 346 g/mol. The van der Waals surface area contributed by atoms with Crippen molar-refractivity contribution >= 4 is 31.9 Å². The normalized spacial score (nSPS) is 11.6. The van der Waals surface area contributed by atoms with Gasteiger partial charge in [0.25, 0.3) is 0 Å². The summed E-state index contributed by atoms with van der Waals surface area (Å²) in [6, 6.07) is 4.07. The fourth-order valence-electron chi connectivity index (χ4n) is 1.55. The van der Waals surface area contributed by atoms with E-state index in [0.29, 0.717) is 0 Å². The van der Waals surface area contributed by atoms with Crippen LogP contribution < -0.4 is 10.1 Å². The second kappa shape index (κ2) is 6.21. The molecule has 0 fully saturated rings. The summed E-state index contributed by atoms with van der Waals surface area (Å²) in [5.41, 5.74) is 1.44. The largest absolute Gasteiger partial charge is 0.495 e. The number of ether oxygens (including phenoxy) is 1. The van der Waals surface area contributed by atoms with Crippen LogP contribution in [0.15, 0.2) is 21.1 Å². The zero-order chi connectivity index (χ0) is 13.1. The summed E-state index contributed by atoms with van der Waals surface area (Å²) in [6.07, 6.45) is 0. The summed E-state index contributed by atoms with van der Waals surface area (Å²) in [5, 5.41) is 3.45. The number of nitrogens with one attached hydrogen (secondary N) is 1. The third kappa shape index (κ3) is 4.98.